The molecule has 1 aromatic heterocycles. The minimum Gasteiger partial charge on any atom is -0.488 e. The topological polar surface area (TPSA) is 63.7 Å². The number of aromatic nitrogens is 1. The zero-order valence-corrected chi connectivity index (χ0v) is 16.9. The van der Waals surface area contributed by atoms with E-state index in [4.69, 9.17) is 9.47 Å². The molecule has 1 amide bonds. The van der Waals surface area contributed by atoms with Gasteiger partial charge in [0.2, 0.25) is 5.91 Å². The number of nitrogens with zero attached hydrogens (tertiary/aromatic N) is 2. The molecule has 1 saturated carbocycles. The van der Waals surface area contributed by atoms with E-state index < -0.39 is 0 Å². The molecule has 7 heteroatoms. The van der Waals surface area contributed by atoms with Crippen LogP contribution in [-0.4, -0.2) is 43.3 Å². The average molecular weight is 410 g/mol. The normalized spacial score (nSPS) is 21.6. The first-order valence-electron chi connectivity index (χ1n) is 9.99. The minimum atomic E-state index is -0.0123. The number of hydrogen-bond donors (Lipinski definition) is 1. The van der Waals surface area contributed by atoms with Crippen LogP contribution in [0.2, 0.25) is 0 Å². The van der Waals surface area contributed by atoms with E-state index in [-0.39, 0.29) is 17.9 Å². The molecule has 2 aliphatic rings. The fraction of sp³-hybridized carbons (Fsp3) is 0.364. The highest BCUT2D eigenvalue weighted by Crippen LogP contribution is 2.35. The van der Waals surface area contributed by atoms with E-state index in [1.54, 1.807) is 11.3 Å². The van der Waals surface area contributed by atoms with Crippen molar-refractivity contribution < 1.29 is 14.3 Å². The van der Waals surface area contributed by atoms with Crippen LogP contribution < -0.4 is 15.0 Å². The van der Waals surface area contributed by atoms with Gasteiger partial charge < -0.3 is 19.7 Å². The summed E-state index contributed by atoms with van der Waals surface area (Å²) < 4.78 is 12.6. The number of carbonyl (C=O) groups excluding carboxylic acids is 1. The second-order valence-electron chi connectivity index (χ2n) is 7.50. The molecule has 0 radical (unpaired) electrons. The van der Waals surface area contributed by atoms with E-state index in [1.807, 2.05) is 41.9 Å². The van der Waals surface area contributed by atoms with E-state index in [0.29, 0.717) is 0 Å². The number of para-hydroxylation sites is 1. The summed E-state index contributed by atoms with van der Waals surface area (Å²) >= 11 is 1.61. The van der Waals surface area contributed by atoms with Gasteiger partial charge in [-0.15, -0.1) is 11.3 Å². The number of thiazole rings is 1. The first kappa shape index (κ1) is 18.4. The molecule has 2 fully saturated rings. The van der Waals surface area contributed by atoms with E-state index >= 15 is 0 Å². The number of fused-ring (bicyclic) bond motifs is 1. The number of nitrogens with one attached hydrogen (secondary N) is 1. The van der Waals surface area contributed by atoms with Crippen LogP contribution in [0.3, 0.4) is 0 Å². The predicted octanol–water partition coefficient (Wildman–Crippen LogP) is 3.93. The Morgan fingerprint density at radius 1 is 1.17 bits per heavy atom. The van der Waals surface area contributed by atoms with Crippen LogP contribution in [0.5, 0.6) is 5.75 Å². The van der Waals surface area contributed by atoms with Crippen LogP contribution in [0.4, 0.5) is 11.4 Å². The molecule has 150 valence electrons. The van der Waals surface area contributed by atoms with Crippen molar-refractivity contribution in [2.45, 2.75) is 18.9 Å². The Labute approximate surface area is 173 Å². The lowest BCUT2D eigenvalue weighted by Gasteiger charge is -2.34. The Hall–Kier alpha value is -2.64. The van der Waals surface area contributed by atoms with Gasteiger partial charge in [-0.2, -0.15) is 0 Å². The van der Waals surface area contributed by atoms with Crippen LogP contribution in [0.1, 0.15) is 12.8 Å². The monoisotopic (exact) mass is 409 g/mol. The molecule has 0 spiro atoms. The molecule has 1 aliphatic carbocycles. The van der Waals surface area contributed by atoms with Gasteiger partial charge in [-0.25, -0.2) is 4.98 Å². The Morgan fingerprint density at radius 2 is 2.00 bits per heavy atom. The smallest absolute Gasteiger partial charge is 0.227 e. The molecule has 6 nitrogen and oxygen atoms in total. The van der Waals surface area contributed by atoms with Crippen molar-refractivity contribution in [1.82, 2.24) is 4.98 Å². The van der Waals surface area contributed by atoms with E-state index in [2.05, 4.69) is 21.3 Å². The van der Waals surface area contributed by atoms with Gasteiger partial charge in [0.1, 0.15) is 17.4 Å². The van der Waals surface area contributed by atoms with Crippen molar-refractivity contribution >= 4 is 38.8 Å². The van der Waals surface area contributed by atoms with Crippen LogP contribution in [0.25, 0.3) is 10.2 Å². The summed E-state index contributed by atoms with van der Waals surface area (Å²) in [5.41, 5.74) is 4.71. The lowest BCUT2D eigenvalue weighted by molar-refractivity contribution is -0.125. The summed E-state index contributed by atoms with van der Waals surface area (Å²) in [5, 5.41) is 3.07. The van der Waals surface area contributed by atoms with Crippen molar-refractivity contribution in [3.63, 3.8) is 0 Å². The highest BCUT2D eigenvalue weighted by molar-refractivity contribution is 7.16. The largest absolute Gasteiger partial charge is 0.488 e. The summed E-state index contributed by atoms with van der Waals surface area (Å²) in [4.78, 5) is 19.3. The van der Waals surface area contributed by atoms with Crippen molar-refractivity contribution in [2.24, 2.45) is 5.92 Å². The number of amides is 1. The number of hydrogen-bond acceptors (Lipinski definition) is 6. The Bertz CT molecular complexity index is 1010. The number of benzene rings is 2. The molecule has 0 atom stereocenters. The molecule has 3 aromatic rings. The molecule has 0 bridgehead atoms. The van der Waals surface area contributed by atoms with Gasteiger partial charge >= 0.3 is 0 Å². The molecular weight excluding hydrogens is 386 g/mol. The van der Waals surface area contributed by atoms with Crippen molar-refractivity contribution in [1.29, 1.82) is 0 Å². The number of carbonyl (C=O) groups is 1. The van der Waals surface area contributed by atoms with Gasteiger partial charge in [0.25, 0.3) is 0 Å². The maximum absolute atomic E-state index is 12.6. The predicted molar refractivity (Wildman–Crippen MR) is 115 cm³/mol. The quantitative estimate of drug-likeness (QED) is 0.692. The Morgan fingerprint density at radius 3 is 2.86 bits per heavy atom. The molecular formula is C22H23N3O3S. The van der Waals surface area contributed by atoms with Crippen LogP contribution in [0.15, 0.2) is 48.0 Å². The van der Waals surface area contributed by atoms with Crippen LogP contribution in [-0.2, 0) is 9.53 Å². The number of rotatable bonds is 5. The lowest BCUT2D eigenvalue weighted by Crippen LogP contribution is -2.41. The fourth-order valence-corrected chi connectivity index (χ4v) is 4.55. The van der Waals surface area contributed by atoms with Gasteiger partial charge in [-0.3, -0.25) is 4.79 Å². The summed E-state index contributed by atoms with van der Waals surface area (Å²) in [6.45, 7) is 3.25. The molecule has 0 unspecified atom stereocenters. The number of ether oxygens (including phenoxy) is 2. The van der Waals surface area contributed by atoms with Gasteiger partial charge in [0.05, 0.1) is 23.4 Å². The highest BCUT2D eigenvalue weighted by atomic mass is 32.1. The van der Waals surface area contributed by atoms with Gasteiger partial charge in [0.15, 0.2) is 0 Å². The molecule has 2 heterocycles. The third-order valence-electron chi connectivity index (χ3n) is 5.57. The van der Waals surface area contributed by atoms with E-state index in [1.165, 1.54) is 0 Å². The number of anilines is 2. The Kier molecular flexibility index (Phi) is 5.08. The minimum absolute atomic E-state index is 0.0123. The van der Waals surface area contributed by atoms with Gasteiger partial charge in [-0.1, -0.05) is 12.1 Å². The molecule has 5 rings (SSSR count). The first-order valence-corrected chi connectivity index (χ1v) is 10.9. The third kappa shape index (κ3) is 3.93. The van der Waals surface area contributed by atoms with E-state index in [9.17, 15) is 4.79 Å². The average Bonchev–Trinajstić information content (AvgIpc) is 3.21. The van der Waals surface area contributed by atoms with Crippen molar-refractivity contribution in [3.8, 4) is 5.75 Å². The summed E-state index contributed by atoms with van der Waals surface area (Å²) in [6.07, 6.45) is 1.53. The second-order valence-corrected chi connectivity index (χ2v) is 8.39. The summed E-state index contributed by atoms with van der Waals surface area (Å²) in [5.74, 6) is 0.864. The maximum atomic E-state index is 12.6. The summed E-state index contributed by atoms with van der Waals surface area (Å²) in [6, 6.07) is 14.0. The van der Waals surface area contributed by atoms with Crippen LogP contribution >= 0.6 is 11.3 Å². The van der Waals surface area contributed by atoms with Crippen molar-refractivity contribution in [3.05, 3.63) is 48.0 Å². The summed E-state index contributed by atoms with van der Waals surface area (Å²) in [7, 11) is 0. The maximum Gasteiger partial charge on any atom is 0.227 e. The molecule has 2 aromatic carbocycles. The van der Waals surface area contributed by atoms with Crippen molar-refractivity contribution in [2.75, 3.05) is 36.5 Å². The fourth-order valence-electron chi connectivity index (χ4n) is 3.86. The van der Waals surface area contributed by atoms with Gasteiger partial charge in [0, 0.05) is 30.4 Å². The lowest BCUT2D eigenvalue weighted by atomic mass is 9.81. The van der Waals surface area contributed by atoms with Gasteiger partial charge in [-0.05, 0) is 43.2 Å². The Balaban J connectivity index is 1.16. The molecule has 1 N–H and O–H groups in total. The number of morpholine rings is 1. The standard InChI is InChI=1S/C22H23N3O3S/c26-22(24-16-3-1-4-17(13-16)25-7-9-27-10-8-25)15-11-18(12-15)28-19-5-2-6-20-21(19)23-14-29-20/h1-6,13-15,18H,7-12H2,(H,24,26). The van der Waals surface area contributed by atoms with Crippen LogP contribution in [0, 0.1) is 5.92 Å². The first-order chi connectivity index (χ1) is 14.3. The second kappa shape index (κ2) is 8.00. The zero-order valence-electron chi connectivity index (χ0n) is 16.0. The SMILES string of the molecule is O=C(Nc1cccc(N2CCOCC2)c1)C1CC(Oc2cccc3scnc23)C1. The zero-order chi connectivity index (χ0) is 19.6. The van der Waals surface area contributed by atoms with E-state index in [0.717, 1.165) is 66.5 Å². The highest BCUT2D eigenvalue weighted by Gasteiger charge is 2.36. The molecule has 1 saturated heterocycles. The molecule has 29 heavy (non-hydrogen) atoms. The molecule has 1 aliphatic heterocycles. The third-order valence-corrected chi connectivity index (χ3v) is 6.37.